The lowest BCUT2D eigenvalue weighted by Crippen LogP contribution is -2.32. The van der Waals surface area contributed by atoms with Crippen LogP contribution in [0.25, 0.3) is 10.9 Å². The average molecular weight is 417 g/mol. The first-order valence-corrected chi connectivity index (χ1v) is 9.33. The van der Waals surface area contributed by atoms with Crippen molar-refractivity contribution in [3.8, 4) is 5.75 Å². The van der Waals surface area contributed by atoms with E-state index in [4.69, 9.17) is 16.7 Å². The number of aromatic hydroxyl groups is 1. The molecule has 0 saturated carbocycles. The van der Waals surface area contributed by atoms with Crippen LogP contribution in [0, 0.1) is 0 Å². The highest BCUT2D eigenvalue weighted by Gasteiger charge is 2.21. The van der Waals surface area contributed by atoms with Gasteiger partial charge in [-0.05, 0) is 36.2 Å². The van der Waals surface area contributed by atoms with Crippen molar-refractivity contribution in [2.75, 3.05) is 6.61 Å². The second-order valence-electron chi connectivity index (χ2n) is 6.85. The van der Waals surface area contributed by atoms with E-state index in [-0.39, 0.29) is 17.4 Å². The summed E-state index contributed by atoms with van der Waals surface area (Å²) in [6.07, 6.45) is 0. The van der Waals surface area contributed by atoms with Gasteiger partial charge in [0.2, 0.25) is 0 Å². The van der Waals surface area contributed by atoms with Crippen LogP contribution in [-0.2, 0) is 11.8 Å². The molecule has 2 atom stereocenters. The Labute approximate surface area is 172 Å². The van der Waals surface area contributed by atoms with Crippen LogP contribution in [0.4, 0.5) is 0 Å². The quantitative estimate of drug-likeness (QED) is 0.493. The van der Waals surface area contributed by atoms with Gasteiger partial charge in [0.25, 0.3) is 5.91 Å². The Morgan fingerprint density at radius 3 is 2.34 bits per heavy atom. The number of carbonyl (C=O) groups excluding carboxylic acids is 1. The minimum atomic E-state index is -0.927. The number of phenols is 1. The molecule has 2 aromatic carbocycles. The normalized spacial score (nSPS) is 13.2. The molecule has 29 heavy (non-hydrogen) atoms. The van der Waals surface area contributed by atoms with Gasteiger partial charge < -0.3 is 25.2 Å². The molecule has 0 aliphatic rings. The number of phenolic OH excluding ortho intramolecular Hbond substituents is 1. The fourth-order valence-corrected chi connectivity index (χ4v) is 3.38. The molecule has 0 spiro atoms. The zero-order valence-electron chi connectivity index (χ0n) is 15.9. The molecule has 3 rings (SSSR count). The van der Waals surface area contributed by atoms with Crippen LogP contribution in [0.3, 0.4) is 0 Å². The molecule has 0 aliphatic carbocycles. The summed E-state index contributed by atoms with van der Waals surface area (Å²) >= 11 is 5.94. The summed E-state index contributed by atoms with van der Waals surface area (Å²) in [7, 11) is 1.70. The predicted molar refractivity (Wildman–Crippen MR) is 109 cm³/mol. The topological polar surface area (TPSA) is 112 Å². The number of aryl methyl sites for hydroxylation is 1. The first-order chi connectivity index (χ1) is 13.7. The predicted octanol–water partition coefficient (Wildman–Crippen LogP) is 3.19. The lowest BCUT2D eigenvalue weighted by Gasteiger charge is -2.18. The van der Waals surface area contributed by atoms with Gasteiger partial charge in [-0.3, -0.25) is 9.59 Å². The number of halogens is 1. The maximum Gasteiger partial charge on any atom is 0.310 e. The van der Waals surface area contributed by atoms with Crippen LogP contribution in [-0.4, -0.2) is 38.4 Å². The molecule has 0 bridgehead atoms. The van der Waals surface area contributed by atoms with Gasteiger partial charge in [-0.2, -0.15) is 0 Å². The van der Waals surface area contributed by atoms with Crippen LogP contribution in [0.1, 0.15) is 40.5 Å². The standard InChI is InChI=1S/C21H21ClN2O5/c1-11(21(28)29)12-3-5-13(6-4-12)16(10-25)23-20(27)18-9-14-17(24(18)2)8-7-15(22)19(14)26/h3-9,11,16,25-26H,10H2,1-2H3,(H,23,27)(H,28,29)/t11?,16-/m1/s1. The van der Waals surface area contributed by atoms with Gasteiger partial charge in [-0.15, -0.1) is 0 Å². The van der Waals surface area contributed by atoms with Crippen molar-refractivity contribution in [3.63, 3.8) is 0 Å². The van der Waals surface area contributed by atoms with Crippen molar-refractivity contribution in [3.05, 3.63) is 64.3 Å². The molecule has 0 aliphatic heterocycles. The van der Waals surface area contributed by atoms with E-state index in [1.165, 1.54) is 6.07 Å². The Balaban J connectivity index is 1.85. The summed E-state index contributed by atoms with van der Waals surface area (Å²) in [4.78, 5) is 23.9. The number of aromatic nitrogens is 1. The molecule has 0 radical (unpaired) electrons. The number of nitrogens with zero attached hydrogens (tertiary/aromatic N) is 1. The van der Waals surface area contributed by atoms with Crippen LogP contribution >= 0.6 is 11.6 Å². The van der Waals surface area contributed by atoms with E-state index in [2.05, 4.69) is 5.32 Å². The molecule has 152 valence electrons. The summed E-state index contributed by atoms with van der Waals surface area (Å²) in [5, 5.41) is 32.4. The third-order valence-electron chi connectivity index (χ3n) is 5.08. The van der Waals surface area contributed by atoms with Crippen molar-refractivity contribution >= 4 is 34.4 Å². The first kappa shape index (κ1) is 20.7. The van der Waals surface area contributed by atoms with E-state index in [1.54, 1.807) is 54.9 Å². The molecule has 7 nitrogen and oxygen atoms in total. The van der Waals surface area contributed by atoms with Gasteiger partial charge in [-0.25, -0.2) is 0 Å². The highest BCUT2D eigenvalue weighted by molar-refractivity contribution is 6.33. The zero-order chi connectivity index (χ0) is 21.3. The maximum absolute atomic E-state index is 12.8. The summed E-state index contributed by atoms with van der Waals surface area (Å²) in [5.41, 5.74) is 2.22. The Morgan fingerprint density at radius 2 is 1.76 bits per heavy atom. The average Bonchev–Trinajstić information content (AvgIpc) is 3.05. The largest absolute Gasteiger partial charge is 0.506 e. The van der Waals surface area contributed by atoms with Crippen molar-refractivity contribution in [2.45, 2.75) is 18.9 Å². The van der Waals surface area contributed by atoms with Gasteiger partial charge in [0.05, 0.1) is 29.1 Å². The zero-order valence-corrected chi connectivity index (χ0v) is 16.6. The van der Waals surface area contributed by atoms with E-state index in [9.17, 15) is 19.8 Å². The SMILES string of the molecule is CC(C(=O)O)c1ccc([C@@H](CO)NC(=O)c2cc3c(O)c(Cl)ccc3n2C)cc1. The van der Waals surface area contributed by atoms with Crippen LogP contribution < -0.4 is 5.32 Å². The summed E-state index contributed by atoms with van der Waals surface area (Å²) in [6, 6.07) is 10.8. The van der Waals surface area contributed by atoms with Gasteiger partial charge >= 0.3 is 5.97 Å². The van der Waals surface area contributed by atoms with Crippen molar-refractivity contribution in [1.29, 1.82) is 0 Å². The highest BCUT2D eigenvalue weighted by atomic mass is 35.5. The molecule has 1 heterocycles. The van der Waals surface area contributed by atoms with E-state index in [0.717, 1.165) is 0 Å². The number of carboxylic acids is 1. The highest BCUT2D eigenvalue weighted by Crippen LogP contribution is 2.34. The van der Waals surface area contributed by atoms with Gasteiger partial charge in [0.15, 0.2) is 0 Å². The monoisotopic (exact) mass is 416 g/mol. The molecule has 1 unspecified atom stereocenters. The third-order valence-corrected chi connectivity index (χ3v) is 5.38. The second-order valence-corrected chi connectivity index (χ2v) is 7.26. The van der Waals surface area contributed by atoms with Crippen molar-refractivity contribution < 1.29 is 24.9 Å². The third kappa shape index (κ3) is 3.92. The minimum absolute atomic E-state index is 0.0966. The molecule has 3 aromatic rings. The smallest absolute Gasteiger partial charge is 0.310 e. The molecule has 0 saturated heterocycles. The number of fused-ring (bicyclic) bond motifs is 1. The van der Waals surface area contributed by atoms with Gasteiger partial charge in [-0.1, -0.05) is 35.9 Å². The van der Waals surface area contributed by atoms with Crippen LogP contribution in [0.5, 0.6) is 5.75 Å². The molecule has 1 amide bonds. The maximum atomic E-state index is 12.8. The molecule has 0 fully saturated rings. The number of hydrogen-bond acceptors (Lipinski definition) is 4. The lowest BCUT2D eigenvalue weighted by atomic mass is 9.98. The number of carbonyl (C=O) groups is 2. The number of aliphatic hydroxyl groups is 1. The number of carboxylic acid groups (broad SMARTS) is 1. The van der Waals surface area contributed by atoms with E-state index >= 15 is 0 Å². The van der Waals surface area contributed by atoms with Crippen molar-refractivity contribution in [2.24, 2.45) is 7.05 Å². The summed E-state index contributed by atoms with van der Waals surface area (Å²) in [5.74, 6) is -2.10. The number of rotatable bonds is 6. The summed E-state index contributed by atoms with van der Waals surface area (Å²) < 4.78 is 1.63. The fraction of sp³-hybridized carbons (Fsp3) is 0.238. The molecular formula is C21H21ClN2O5. The molecule has 8 heteroatoms. The number of nitrogens with one attached hydrogen (secondary N) is 1. The molecular weight excluding hydrogens is 396 g/mol. The Hall–Kier alpha value is -3.03. The number of amides is 1. The lowest BCUT2D eigenvalue weighted by molar-refractivity contribution is -0.138. The first-order valence-electron chi connectivity index (χ1n) is 8.95. The van der Waals surface area contributed by atoms with Crippen LogP contribution in [0.15, 0.2) is 42.5 Å². The summed E-state index contributed by atoms with van der Waals surface area (Å²) in [6.45, 7) is 1.25. The Morgan fingerprint density at radius 1 is 1.14 bits per heavy atom. The number of benzene rings is 2. The molecule has 4 N–H and O–H groups in total. The van der Waals surface area contributed by atoms with Gasteiger partial charge in [0.1, 0.15) is 11.4 Å². The fourth-order valence-electron chi connectivity index (χ4n) is 3.21. The minimum Gasteiger partial charge on any atom is -0.506 e. The van der Waals surface area contributed by atoms with E-state index < -0.39 is 23.8 Å². The van der Waals surface area contributed by atoms with E-state index in [0.29, 0.717) is 27.7 Å². The van der Waals surface area contributed by atoms with Gasteiger partial charge in [0, 0.05) is 12.4 Å². The van der Waals surface area contributed by atoms with E-state index in [1.807, 2.05) is 0 Å². The number of aliphatic carboxylic acids is 1. The molecule has 1 aromatic heterocycles. The number of aliphatic hydroxyl groups excluding tert-OH is 1. The van der Waals surface area contributed by atoms with Crippen molar-refractivity contribution in [1.82, 2.24) is 9.88 Å². The van der Waals surface area contributed by atoms with Crippen LogP contribution in [0.2, 0.25) is 5.02 Å². The Bertz CT molecular complexity index is 1070. The Kier molecular flexibility index (Phi) is 5.81. The second kappa shape index (κ2) is 8.14. The number of hydrogen-bond donors (Lipinski definition) is 4.